The van der Waals surface area contributed by atoms with Crippen LogP contribution in [0.25, 0.3) is 11.4 Å². The third-order valence-corrected chi connectivity index (χ3v) is 6.06. The molecule has 1 aromatic carbocycles. The zero-order chi connectivity index (χ0) is 17.3. The van der Waals surface area contributed by atoms with Gasteiger partial charge < -0.3 is 9.30 Å². The quantitative estimate of drug-likeness (QED) is 0.881. The predicted molar refractivity (Wildman–Crippen MR) is 94.8 cm³/mol. The fourth-order valence-corrected chi connectivity index (χ4v) is 4.78. The predicted octanol–water partition coefficient (Wildman–Crippen LogP) is 2.20. The number of nitrogens with zero attached hydrogens (tertiary/aromatic N) is 3. The van der Waals surface area contributed by atoms with E-state index in [2.05, 4.69) is 19.5 Å². The molecule has 7 nitrogen and oxygen atoms in total. The first-order chi connectivity index (χ1) is 12.1. The Labute approximate surface area is 147 Å². The van der Waals surface area contributed by atoms with Crippen molar-refractivity contribution in [2.75, 3.05) is 17.1 Å². The molecular formula is C17H22N4O3S. The third kappa shape index (κ3) is 3.69. The molecule has 0 spiro atoms. The van der Waals surface area contributed by atoms with E-state index < -0.39 is 10.0 Å². The Balaban J connectivity index is 1.47. The maximum Gasteiger partial charge on any atom is 0.235 e. The summed E-state index contributed by atoms with van der Waals surface area (Å²) in [6, 6.07) is 7.31. The number of sulfonamides is 1. The van der Waals surface area contributed by atoms with Crippen molar-refractivity contribution in [2.24, 2.45) is 0 Å². The lowest BCUT2D eigenvalue weighted by Gasteiger charge is -2.15. The number of aryl methyl sites for hydroxylation is 1. The summed E-state index contributed by atoms with van der Waals surface area (Å²) in [6.45, 7) is 1.59. The summed E-state index contributed by atoms with van der Waals surface area (Å²) in [5.74, 6) is 1.89. The lowest BCUT2D eigenvalue weighted by Crippen LogP contribution is -2.25. The van der Waals surface area contributed by atoms with Crippen LogP contribution in [0.15, 0.2) is 24.3 Å². The van der Waals surface area contributed by atoms with Crippen molar-refractivity contribution in [1.29, 1.82) is 0 Å². The molecule has 134 valence electrons. The van der Waals surface area contributed by atoms with Crippen LogP contribution < -0.4 is 4.72 Å². The largest absolute Gasteiger partial charge is 0.377 e. The Kier molecular flexibility index (Phi) is 4.47. The molecule has 1 aromatic heterocycles. The van der Waals surface area contributed by atoms with Crippen LogP contribution in [0.5, 0.6) is 0 Å². The zero-order valence-corrected chi connectivity index (χ0v) is 14.8. The van der Waals surface area contributed by atoms with Crippen molar-refractivity contribution < 1.29 is 13.2 Å². The zero-order valence-electron chi connectivity index (χ0n) is 14.0. The summed E-state index contributed by atoms with van der Waals surface area (Å²) < 4.78 is 34.7. The fourth-order valence-electron chi connectivity index (χ4n) is 3.45. The number of ether oxygens (including phenoxy) is 1. The van der Waals surface area contributed by atoms with Crippen molar-refractivity contribution in [3.8, 4) is 11.4 Å². The number of rotatable bonds is 5. The van der Waals surface area contributed by atoms with E-state index in [1.807, 2.05) is 12.1 Å². The van der Waals surface area contributed by atoms with E-state index in [0.29, 0.717) is 12.3 Å². The van der Waals surface area contributed by atoms with Gasteiger partial charge in [-0.15, -0.1) is 10.2 Å². The molecule has 0 bridgehead atoms. The van der Waals surface area contributed by atoms with Gasteiger partial charge in [-0.1, -0.05) is 0 Å². The van der Waals surface area contributed by atoms with Crippen LogP contribution in [-0.4, -0.2) is 41.6 Å². The lowest BCUT2D eigenvalue weighted by molar-refractivity contribution is 0.127. The van der Waals surface area contributed by atoms with E-state index in [0.717, 1.165) is 55.9 Å². The highest BCUT2D eigenvalue weighted by Gasteiger charge is 2.23. The van der Waals surface area contributed by atoms with Gasteiger partial charge in [-0.3, -0.25) is 4.72 Å². The van der Waals surface area contributed by atoms with E-state index in [1.165, 1.54) is 0 Å². The number of anilines is 1. The molecule has 0 radical (unpaired) electrons. The van der Waals surface area contributed by atoms with Gasteiger partial charge in [0.25, 0.3) is 0 Å². The Morgan fingerprint density at radius 2 is 2.00 bits per heavy atom. The highest BCUT2D eigenvalue weighted by Crippen LogP contribution is 2.24. The molecule has 1 fully saturated rings. The molecule has 0 aliphatic carbocycles. The van der Waals surface area contributed by atoms with Gasteiger partial charge in [-0.25, -0.2) is 8.42 Å². The molecule has 0 amide bonds. The van der Waals surface area contributed by atoms with E-state index in [1.54, 1.807) is 12.1 Å². The van der Waals surface area contributed by atoms with Crippen molar-refractivity contribution in [2.45, 2.75) is 44.8 Å². The van der Waals surface area contributed by atoms with Gasteiger partial charge in [0, 0.05) is 30.8 Å². The molecule has 0 saturated carbocycles. The Hall–Kier alpha value is -1.93. The number of aromatic nitrogens is 3. The smallest absolute Gasteiger partial charge is 0.235 e. The van der Waals surface area contributed by atoms with Crippen LogP contribution >= 0.6 is 0 Å². The molecule has 2 aliphatic rings. The van der Waals surface area contributed by atoms with E-state index in [9.17, 15) is 8.42 Å². The number of benzene rings is 1. The second-order valence-corrected chi connectivity index (χ2v) is 8.41. The minimum absolute atomic E-state index is 0.00639. The number of hydrogen-bond acceptors (Lipinski definition) is 5. The molecule has 1 saturated heterocycles. The molecule has 1 unspecified atom stereocenters. The summed E-state index contributed by atoms with van der Waals surface area (Å²) in [5.41, 5.74) is 1.50. The Morgan fingerprint density at radius 1 is 1.16 bits per heavy atom. The summed E-state index contributed by atoms with van der Waals surface area (Å²) in [4.78, 5) is 0. The minimum atomic E-state index is -3.41. The SMILES string of the molecule is O=S(=O)(CC1CCCO1)Nc1ccc(-c2nnc3n2CCCC3)cc1. The van der Waals surface area contributed by atoms with Crippen LogP contribution in [0, 0.1) is 0 Å². The van der Waals surface area contributed by atoms with Crippen LogP contribution in [-0.2, 0) is 27.7 Å². The highest BCUT2D eigenvalue weighted by atomic mass is 32.2. The molecule has 25 heavy (non-hydrogen) atoms. The van der Waals surface area contributed by atoms with Crippen LogP contribution in [0.2, 0.25) is 0 Å². The molecule has 2 aliphatic heterocycles. The second-order valence-electron chi connectivity index (χ2n) is 6.64. The average Bonchev–Trinajstić information content (AvgIpc) is 3.24. The first-order valence-corrected chi connectivity index (χ1v) is 10.4. The van der Waals surface area contributed by atoms with Gasteiger partial charge in [0.05, 0.1) is 11.9 Å². The van der Waals surface area contributed by atoms with Crippen LogP contribution in [0.3, 0.4) is 0 Å². The van der Waals surface area contributed by atoms with Crippen molar-refractivity contribution in [3.05, 3.63) is 30.1 Å². The fraction of sp³-hybridized carbons (Fsp3) is 0.529. The van der Waals surface area contributed by atoms with Gasteiger partial charge in [0.2, 0.25) is 10.0 Å². The molecule has 1 atom stereocenters. The van der Waals surface area contributed by atoms with Gasteiger partial charge in [-0.2, -0.15) is 0 Å². The molecule has 3 heterocycles. The number of nitrogens with one attached hydrogen (secondary N) is 1. The molecule has 1 N–H and O–H groups in total. The molecule has 2 aromatic rings. The Bertz CT molecular complexity index is 839. The minimum Gasteiger partial charge on any atom is -0.377 e. The maximum absolute atomic E-state index is 12.2. The molecular weight excluding hydrogens is 340 g/mol. The van der Waals surface area contributed by atoms with Crippen molar-refractivity contribution in [1.82, 2.24) is 14.8 Å². The van der Waals surface area contributed by atoms with Gasteiger partial charge in [0.1, 0.15) is 5.82 Å². The lowest BCUT2D eigenvalue weighted by atomic mass is 10.1. The molecule has 8 heteroatoms. The monoisotopic (exact) mass is 362 g/mol. The van der Waals surface area contributed by atoms with Crippen molar-refractivity contribution in [3.63, 3.8) is 0 Å². The summed E-state index contributed by atoms with van der Waals surface area (Å²) in [6.07, 6.45) is 4.80. The number of hydrogen-bond donors (Lipinski definition) is 1. The summed E-state index contributed by atoms with van der Waals surface area (Å²) >= 11 is 0. The van der Waals surface area contributed by atoms with Crippen LogP contribution in [0.4, 0.5) is 5.69 Å². The summed E-state index contributed by atoms with van der Waals surface area (Å²) in [7, 11) is -3.41. The van der Waals surface area contributed by atoms with E-state index in [4.69, 9.17) is 4.74 Å². The first-order valence-electron chi connectivity index (χ1n) is 8.75. The highest BCUT2D eigenvalue weighted by molar-refractivity contribution is 7.92. The number of fused-ring (bicyclic) bond motifs is 1. The summed E-state index contributed by atoms with van der Waals surface area (Å²) in [5, 5.41) is 8.56. The Morgan fingerprint density at radius 3 is 2.76 bits per heavy atom. The van der Waals surface area contributed by atoms with Gasteiger partial charge in [0.15, 0.2) is 5.82 Å². The maximum atomic E-state index is 12.2. The molecule has 4 rings (SSSR count). The van der Waals surface area contributed by atoms with Gasteiger partial charge >= 0.3 is 0 Å². The van der Waals surface area contributed by atoms with Crippen molar-refractivity contribution >= 4 is 15.7 Å². The average molecular weight is 362 g/mol. The van der Waals surface area contributed by atoms with Gasteiger partial charge in [-0.05, 0) is 49.9 Å². The second kappa shape index (κ2) is 6.76. The normalized spacial score (nSPS) is 20.4. The standard InChI is InChI=1S/C17H22N4O3S/c22-25(23,12-15-4-3-11-24-15)20-14-8-6-13(7-9-14)17-19-18-16-5-1-2-10-21(16)17/h6-9,15,20H,1-5,10-12H2. The van der Waals surface area contributed by atoms with E-state index >= 15 is 0 Å². The van der Waals surface area contributed by atoms with E-state index in [-0.39, 0.29) is 11.9 Å². The topological polar surface area (TPSA) is 86.1 Å². The third-order valence-electron chi connectivity index (χ3n) is 4.71. The van der Waals surface area contributed by atoms with Crippen LogP contribution in [0.1, 0.15) is 31.5 Å². The first kappa shape index (κ1) is 16.5.